The summed E-state index contributed by atoms with van der Waals surface area (Å²) in [7, 11) is 0. The Morgan fingerprint density at radius 2 is 1.79 bits per heavy atom. The number of halogens is 2. The lowest BCUT2D eigenvalue weighted by molar-refractivity contribution is -0.123. The van der Waals surface area contributed by atoms with E-state index in [0.717, 1.165) is 44.4 Å². The van der Waals surface area contributed by atoms with E-state index in [4.69, 9.17) is 5.73 Å². The van der Waals surface area contributed by atoms with Crippen LogP contribution in [-0.4, -0.2) is 53.3 Å². The second-order valence-electron chi connectivity index (χ2n) is 6.45. The van der Waals surface area contributed by atoms with Crippen LogP contribution in [0.2, 0.25) is 0 Å². The van der Waals surface area contributed by atoms with Crippen LogP contribution in [0, 0.1) is 11.6 Å². The summed E-state index contributed by atoms with van der Waals surface area (Å²) in [6, 6.07) is 2.99. The van der Waals surface area contributed by atoms with E-state index in [2.05, 4.69) is 4.90 Å². The summed E-state index contributed by atoms with van der Waals surface area (Å²) in [6.07, 6.45) is 3.18. The molecule has 1 atom stereocenters. The van der Waals surface area contributed by atoms with Crippen molar-refractivity contribution in [3.63, 3.8) is 0 Å². The van der Waals surface area contributed by atoms with Gasteiger partial charge < -0.3 is 10.6 Å². The minimum atomic E-state index is -0.838. The smallest absolute Gasteiger partial charge is 0.256 e. The van der Waals surface area contributed by atoms with E-state index >= 15 is 0 Å². The highest BCUT2D eigenvalue weighted by Gasteiger charge is 2.36. The Hall–Kier alpha value is -2.02. The topological polar surface area (TPSA) is 66.6 Å². The number of carbonyl (C=O) groups is 2. The maximum Gasteiger partial charge on any atom is 0.256 e. The molecular formula is C17H21F2N3O2. The Labute approximate surface area is 139 Å². The van der Waals surface area contributed by atoms with E-state index in [-0.39, 0.29) is 23.6 Å². The summed E-state index contributed by atoms with van der Waals surface area (Å²) in [4.78, 5) is 27.7. The van der Waals surface area contributed by atoms with Crippen molar-refractivity contribution in [2.75, 3.05) is 19.6 Å². The zero-order valence-electron chi connectivity index (χ0n) is 13.4. The van der Waals surface area contributed by atoms with Gasteiger partial charge in [-0.05, 0) is 44.4 Å². The van der Waals surface area contributed by atoms with Gasteiger partial charge in [0.25, 0.3) is 5.91 Å². The molecule has 3 rings (SSSR count). The molecule has 24 heavy (non-hydrogen) atoms. The normalized spacial score (nSPS) is 22.8. The first-order valence-corrected chi connectivity index (χ1v) is 8.27. The Morgan fingerprint density at radius 1 is 1.08 bits per heavy atom. The number of nitrogens with two attached hydrogens (primary N) is 1. The van der Waals surface area contributed by atoms with Crippen molar-refractivity contribution in [3.05, 3.63) is 35.4 Å². The fourth-order valence-corrected chi connectivity index (χ4v) is 3.77. The quantitative estimate of drug-likeness (QED) is 0.909. The summed E-state index contributed by atoms with van der Waals surface area (Å²) in [5.41, 5.74) is 5.35. The van der Waals surface area contributed by atoms with Crippen LogP contribution < -0.4 is 5.73 Å². The van der Waals surface area contributed by atoms with Gasteiger partial charge in [0.05, 0.1) is 11.6 Å². The van der Waals surface area contributed by atoms with Crippen molar-refractivity contribution in [3.8, 4) is 0 Å². The molecule has 2 N–H and O–H groups in total. The van der Waals surface area contributed by atoms with Gasteiger partial charge in [-0.3, -0.25) is 14.5 Å². The number of hydrogen-bond donors (Lipinski definition) is 1. The number of nitrogens with zero attached hydrogens (tertiary/aromatic N) is 2. The van der Waals surface area contributed by atoms with Gasteiger partial charge in [0.15, 0.2) is 0 Å². The maximum absolute atomic E-state index is 13.8. The molecule has 0 radical (unpaired) electrons. The highest BCUT2D eigenvalue weighted by atomic mass is 19.1. The van der Waals surface area contributed by atoms with Gasteiger partial charge >= 0.3 is 0 Å². The number of amides is 2. The SMILES string of the molecule is NC(=O)C1CCCN1C1CCN(C(=O)c2ccc(F)cc2F)CC1. The molecule has 7 heteroatoms. The zero-order chi connectivity index (χ0) is 17.3. The summed E-state index contributed by atoms with van der Waals surface area (Å²) in [5.74, 6) is -2.25. The van der Waals surface area contributed by atoms with Crippen LogP contribution in [0.5, 0.6) is 0 Å². The van der Waals surface area contributed by atoms with Gasteiger partial charge in [-0.15, -0.1) is 0 Å². The minimum absolute atomic E-state index is 0.106. The average Bonchev–Trinajstić information content (AvgIpc) is 3.04. The fourth-order valence-electron chi connectivity index (χ4n) is 3.77. The first kappa shape index (κ1) is 16.8. The lowest BCUT2D eigenvalue weighted by atomic mass is 10.0. The molecule has 2 amide bonds. The Kier molecular flexibility index (Phi) is 4.80. The molecule has 0 saturated carbocycles. The van der Waals surface area contributed by atoms with Crippen molar-refractivity contribution in [2.45, 2.75) is 37.8 Å². The monoisotopic (exact) mass is 337 g/mol. The summed E-state index contributed by atoms with van der Waals surface area (Å²) in [5, 5.41) is 0. The molecule has 0 bridgehead atoms. The van der Waals surface area contributed by atoms with Gasteiger partial charge in [0.2, 0.25) is 5.91 Å². The molecular weight excluding hydrogens is 316 g/mol. The van der Waals surface area contributed by atoms with Gasteiger partial charge in [-0.25, -0.2) is 8.78 Å². The van der Waals surface area contributed by atoms with Gasteiger partial charge in [-0.2, -0.15) is 0 Å². The number of benzene rings is 1. The third kappa shape index (κ3) is 3.26. The van der Waals surface area contributed by atoms with Gasteiger partial charge in [-0.1, -0.05) is 0 Å². The Morgan fingerprint density at radius 3 is 2.42 bits per heavy atom. The van der Waals surface area contributed by atoms with Gasteiger partial charge in [0.1, 0.15) is 11.6 Å². The molecule has 1 aromatic carbocycles. The number of rotatable bonds is 3. The van der Waals surface area contributed by atoms with Crippen LogP contribution in [-0.2, 0) is 4.79 Å². The number of likely N-dealkylation sites (tertiary alicyclic amines) is 2. The lowest BCUT2D eigenvalue weighted by Gasteiger charge is -2.38. The highest BCUT2D eigenvalue weighted by Crippen LogP contribution is 2.26. The first-order valence-electron chi connectivity index (χ1n) is 8.27. The maximum atomic E-state index is 13.8. The molecule has 5 nitrogen and oxygen atoms in total. The average molecular weight is 337 g/mol. The van der Waals surface area contributed by atoms with E-state index < -0.39 is 17.5 Å². The molecule has 2 saturated heterocycles. The highest BCUT2D eigenvalue weighted by molar-refractivity contribution is 5.94. The number of piperidine rings is 1. The van der Waals surface area contributed by atoms with Gasteiger partial charge in [0, 0.05) is 25.2 Å². The predicted octanol–water partition coefficient (Wildman–Crippen LogP) is 1.52. The largest absolute Gasteiger partial charge is 0.368 e. The minimum Gasteiger partial charge on any atom is -0.368 e. The molecule has 130 valence electrons. The molecule has 2 aliphatic rings. The van der Waals surface area contributed by atoms with Crippen molar-refractivity contribution in [1.82, 2.24) is 9.80 Å². The second kappa shape index (κ2) is 6.84. The molecule has 0 spiro atoms. The van der Waals surface area contributed by atoms with Crippen molar-refractivity contribution in [2.24, 2.45) is 5.73 Å². The third-order valence-corrected chi connectivity index (χ3v) is 5.00. The van der Waals surface area contributed by atoms with E-state index in [1.54, 1.807) is 4.90 Å². The molecule has 0 aliphatic carbocycles. The number of primary amides is 1. The van der Waals surface area contributed by atoms with Crippen LogP contribution >= 0.6 is 0 Å². The van der Waals surface area contributed by atoms with Crippen LogP contribution in [0.1, 0.15) is 36.0 Å². The molecule has 1 aromatic rings. The fraction of sp³-hybridized carbons (Fsp3) is 0.529. The van der Waals surface area contributed by atoms with E-state index in [9.17, 15) is 18.4 Å². The molecule has 2 aliphatic heterocycles. The first-order chi connectivity index (χ1) is 11.5. The Bertz CT molecular complexity index is 645. The van der Waals surface area contributed by atoms with Crippen LogP contribution in [0.4, 0.5) is 8.78 Å². The summed E-state index contributed by atoms with van der Waals surface area (Å²) >= 11 is 0. The van der Waals surface area contributed by atoms with Crippen LogP contribution in [0.15, 0.2) is 18.2 Å². The van der Waals surface area contributed by atoms with E-state index in [1.807, 2.05) is 0 Å². The summed E-state index contributed by atoms with van der Waals surface area (Å²) in [6.45, 7) is 1.82. The number of carbonyl (C=O) groups excluding carboxylic acids is 2. The van der Waals surface area contributed by atoms with Crippen LogP contribution in [0.3, 0.4) is 0 Å². The molecule has 0 aromatic heterocycles. The predicted molar refractivity (Wildman–Crippen MR) is 84.2 cm³/mol. The zero-order valence-corrected chi connectivity index (χ0v) is 13.4. The Balaban J connectivity index is 1.62. The third-order valence-electron chi connectivity index (χ3n) is 5.00. The van der Waals surface area contributed by atoms with Crippen LogP contribution in [0.25, 0.3) is 0 Å². The second-order valence-corrected chi connectivity index (χ2v) is 6.45. The number of hydrogen-bond acceptors (Lipinski definition) is 3. The van der Waals surface area contributed by atoms with Crippen molar-refractivity contribution >= 4 is 11.8 Å². The van der Waals surface area contributed by atoms with Crippen molar-refractivity contribution in [1.29, 1.82) is 0 Å². The summed E-state index contributed by atoms with van der Waals surface area (Å²) < 4.78 is 26.7. The van der Waals surface area contributed by atoms with Crippen molar-refractivity contribution < 1.29 is 18.4 Å². The lowest BCUT2D eigenvalue weighted by Crippen LogP contribution is -2.51. The molecule has 2 heterocycles. The molecule has 2 fully saturated rings. The van der Waals surface area contributed by atoms with E-state index in [0.29, 0.717) is 13.1 Å². The molecule has 1 unspecified atom stereocenters. The van der Waals surface area contributed by atoms with E-state index in [1.165, 1.54) is 6.07 Å². The standard InChI is InChI=1S/C17H21F2N3O2/c18-11-3-4-13(14(19)10-11)17(24)21-8-5-12(6-9-21)22-7-1-2-15(22)16(20)23/h3-4,10,12,15H,1-2,5-9H2,(H2,20,23).